The second kappa shape index (κ2) is 2.49. The van der Waals surface area contributed by atoms with Gasteiger partial charge in [-0.2, -0.15) is 0 Å². The van der Waals surface area contributed by atoms with E-state index in [0.717, 1.165) is 12.3 Å². The first-order valence-electron chi connectivity index (χ1n) is 3.30. The van der Waals surface area contributed by atoms with Crippen molar-refractivity contribution in [1.29, 1.82) is 0 Å². The predicted molar refractivity (Wildman–Crippen MR) is 33.3 cm³/mol. The minimum atomic E-state index is -0.129. The number of aliphatic hydroxyl groups is 1. The molecule has 47 valence electrons. The summed E-state index contributed by atoms with van der Waals surface area (Å²) in [7, 11) is 0. The highest BCUT2D eigenvalue weighted by molar-refractivity contribution is 4.87. The highest BCUT2D eigenvalue weighted by Crippen LogP contribution is 2.32. The summed E-state index contributed by atoms with van der Waals surface area (Å²) >= 11 is 0. The highest BCUT2D eigenvalue weighted by atomic mass is 16.3. The Kier molecular flexibility index (Phi) is 1.90. The first-order chi connectivity index (χ1) is 3.79. The molecule has 0 saturated heterocycles. The molecule has 0 bridgehead atoms. The van der Waals surface area contributed by atoms with Crippen molar-refractivity contribution in [3.63, 3.8) is 0 Å². The lowest BCUT2D eigenvalue weighted by atomic mass is 10.1. The SMILES string of the molecule is CC(O)C[CH]C1CC1. The number of rotatable bonds is 3. The molecule has 1 saturated carbocycles. The fourth-order valence-corrected chi connectivity index (χ4v) is 0.721. The molecule has 0 aromatic carbocycles. The van der Waals surface area contributed by atoms with Crippen LogP contribution in [-0.2, 0) is 0 Å². The standard InChI is InChI=1S/C7H13O/c1-6(8)2-3-7-4-5-7/h3,6-8H,2,4-5H2,1H3. The molecule has 0 aromatic heterocycles. The van der Waals surface area contributed by atoms with E-state index in [1.165, 1.54) is 12.8 Å². The van der Waals surface area contributed by atoms with Crippen molar-refractivity contribution in [1.82, 2.24) is 0 Å². The molecule has 8 heavy (non-hydrogen) atoms. The normalized spacial score (nSPS) is 23.2. The van der Waals surface area contributed by atoms with E-state index in [2.05, 4.69) is 6.42 Å². The third kappa shape index (κ3) is 2.31. The van der Waals surface area contributed by atoms with Crippen molar-refractivity contribution in [3.8, 4) is 0 Å². The van der Waals surface area contributed by atoms with Crippen molar-refractivity contribution in [2.45, 2.75) is 32.3 Å². The third-order valence-corrected chi connectivity index (χ3v) is 1.43. The van der Waals surface area contributed by atoms with Gasteiger partial charge in [0.15, 0.2) is 0 Å². The van der Waals surface area contributed by atoms with Crippen LogP contribution in [-0.4, -0.2) is 11.2 Å². The van der Waals surface area contributed by atoms with Crippen LogP contribution in [0.15, 0.2) is 0 Å². The van der Waals surface area contributed by atoms with Crippen molar-refractivity contribution in [2.24, 2.45) is 5.92 Å². The largest absolute Gasteiger partial charge is 0.393 e. The van der Waals surface area contributed by atoms with Gasteiger partial charge in [-0.3, -0.25) is 0 Å². The van der Waals surface area contributed by atoms with Gasteiger partial charge in [-0.1, -0.05) is 0 Å². The third-order valence-electron chi connectivity index (χ3n) is 1.43. The Balaban J connectivity index is 1.87. The van der Waals surface area contributed by atoms with Gasteiger partial charge in [0.1, 0.15) is 0 Å². The quantitative estimate of drug-likeness (QED) is 0.586. The van der Waals surface area contributed by atoms with E-state index in [0.29, 0.717) is 0 Å². The number of aliphatic hydroxyl groups excluding tert-OH is 1. The topological polar surface area (TPSA) is 20.2 Å². The van der Waals surface area contributed by atoms with Crippen molar-refractivity contribution >= 4 is 0 Å². The maximum atomic E-state index is 8.80. The van der Waals surface area contributed by atoms with Crippen LogP contribution in [0.2, 0.25) is 0 Å². The lowest BCUT2D eigenvalue weighted by molar-refractivity contribution is 0.192. The van der Waals surface area contributed by atoms with Crippen LogP contribution < -0.4 is 0 Å². The van der Waals surface area contributed by atoms with E-state index in [-0.39, 0.29) is 6.10 Å². The molecule has 1 heteroatoms. The van der Waals surface area contributed by atoms with Gasteiger partial charge in [0.05, 0.1) is 6.10 Å². The molecule has 1 N–H and O–H groups in total. The molecule has 1 unspecified atom stereocenters. The average Bonchev–Trinajstić information content (AvgIpc) is 2.41. The summed E-state index contributed by atoms with van der Waals surface area (Å²) in [6.45, 7) is 1.83. The first-order valence-corrected chi connectivity index (χ1v) is 3.30. The molecule has 0 aliphatic heterocycles. The minimum absolute atomic E-state index is 0.129. The van der Waals surface area contributed by atoms with Crippen LogP contribution in [0.4, 0.5) is 0 Å². The Hall–Kier alpha value is -0.0400. The Morgan fingerprint density at radius 3 is 2.75 bits per heavy atom. The van der Waals surface area contributed by atoms with Gasteiger partial charge in [0.25, 0.3) is 0 Å². The first kappa shape index (κ1) is 6.09. The summed E-state index contributed by atoms with van der Waals surface area (Å²) in [6.07, 6.45) is 5.69. The van der Waals surface area contributed by atoms with Crippen LogP contribution in [0, 0.1) is 12.3 Å². The number of hydrogen-bond donors (Lipinski definition) is 1. The lowest BCUT2D eigenvalue weighted by Gasteiger charge is -1.99. The maximum absolute atomic E-state index is 8.80. The average molecular weight is 113 g/mol. The van der Waals surface area contributed by atoms with Crippen LogP contribution in [0.3, 0.4) is 0 Å². The Morgan fingerprint density at radius 2 is 2.38 bits per heavy atom. The molecule has 1 rings (SSSR count). The predicted octanol–water partition coefficient (Wildman–Crippen LogP) is 1.37. The zero-order valence-electron chi connectivity index (χ0n) is 5.30. The van der Waals surface area contributed by atoms with Crippen LogP contribution in [0.1, 0.15) is 26.2 Å². The van der Waals surface area contributed by atoms with E-state index in [1.807, 2.05) is 6.92 Å². The van der Waals surface area contributed by atoms with Gasteiger partial charge in [-0.15, -0.1) is 0 Å². The number of hydrogen-bond acceptors (Lipinski definition) is 1. The molecule has 1 radical (unpaired) electrons. The van der Waals surface area contributed by atoms with Gasteiger partial charge in [-0.05, 0) is 38.5 Å². The summed E-state index contributed by atoms with van der Waals surface area (Å²) in [4.78, 5) is 0. The molecule has 0 spiro atoms. The molecular weight excluding hydrogens is 100 g/mol. The molecule has 1 atom stereocenters. The van der Waals surface area contributed by atoms with E-state index in [9.17, 15) is 0 Å². The Bertz CT molecular complexity index is 62.8. The van der Waals surface area contributed by atoms with Crippen molar-refractivity contribution in [2.75, 3.05) is 0 Å². The fourth-order valence-electron chi connectivity index (χ4n) is 0.721. The van der Waals surface area contributed by atoms with E-state index in [4.69, 9.17) is 5.11 Å². The van der Waals surface area contributed by atoms with Gasteiger partial charge in [0.2, 0.25) is 0 Å². The summed E-state index contributed by atoms with van der Waals surface area (Å²) < 4.78 is 0. The van der Waals surface area contributed by atoms with Gasteiger partial charge in [-0.25, -0.2) is 0 Å². The zero-order valence-corrected chi connectivity index (χ0v) is 5.30. The van der Waals surface area contributed by atoms with Crippen molar-refractivity contribution < 1.29 is 5.11 Å². The van der Waals surface area contributed by atoms with E-state index < -0.39 is 0 Å². The second-order valence-corrected chi connectivity index (χ2v) is 2.66. The molecule has 0 aromatic rings. The summed E-state index contributed by atoms with van der Waals surface area (Å²) in [6, 6.07) is 0. The maximum Gasteiger partial charge on any atom is 0.0515 e. The van der Waals surface area contributed by atoms with E-state index >= 15 is 0 Å². The van der Waals surface area contributed by atoms with Crippen LogP contribution in [0.5, 0.6) is 0 Å². The molecule has 0 heterocycles. The van der Waals surface area contributed by atoms with Crippen LogP contribution >= 0.6 is 0 Å². The zero-order chi connectivity index (χ0) is 5.98. The highest BCUT2D eigenvalue weighted by Gasteiger charge is 2.21. The Labute approximate surface area is 50.7 Å². The minimum Gasteiger partial charge on any atom is -0.393 e. The van der Waals surface area contributed by atoms with E-state index in [1.54, 1.807) is 0 Å². The van der Waals surface area contributed by atoms with Crippen LogP contribution in [0.25, 0.3) is 0 Å². The molecule has 1 aliphatic rings. The summed E-state index contributed by atoms with van der Waals surface area (Å²) in [5, 5.41) is 8.80. The smallest absolute Gasteiger partial charge is 0.0515 e. The fraction of sp³-hybridized carbons (Fsp3) is 0.857. The summed E-state index contributed by atoms with van der Waals surface area (Å²) in [5.41, 5.74) is 0. The Morgan fingerprint density at radius 1 is 1.75 bits per heavy atom. The van der Waals surface area contributed by atoms with Gasteiger partial charge in [0, 0.05) is 0 Å². The lowest BCUT2D eigenvalue weighted by Crippen LogP contribution is -1.99. The summed E-state index contributed by atoms with van der Waals surface area (Å²) in [5.74, 6) is 0.851. The second-order valence-electron chi connectivity index (χ2n) is 2.66. The van der Waals surface area contributed by atoms with Gasteiger partial charge < -0.3 is 5.11 Å². The molecular formula is C7H13O. The molecule has 1 aliphatic carbocycles. The van der Waals surface area contributed by atoms with Gasteiger partial charge >= 0.3 is 0 Å². The monoisotopic (exact) mass is 113 g/mol. The van der Waals surface area contributed by atoms with Crippen molar-refractivity contribution in [3.05, 3.63) is 6.42 Å². The molecule has 0 amide bonds. The molecule has 1 fully saturated rings. The molecule has 1 nitrogen and oxygen atoms in total.